The van der Waals surface area contributed by atoms with E-state index in [0.29, 0.717) is 17.6 Å². The van der Waals surface area contributed by atoms with Gasteiger partial charge in [-0.25, -0.2) is 0 Å². The van der Waals surface area contributed by atoms with Crippen LogP contribution in [0, 0.1) is 0 Å². The zero-order valence-corrected chi connectivity index (χ0v) is 10.3. The second-order valence-corrected chi connectivity index (χ2v) is 4.51. The first-order valence-electron chi connectivity index (χ1n) is 5.29. The Labute approximate surface area is 101 Å². The zero-order chi connectivity index (χ0) is 12.1. The van der Waals surface area contributed by atoms with Crippen LogP contribution in [0.25, 0.3) is 0 Å². The van der Waals surface area contributed by atoms with E-state index in [2.05, 4.69) is 5.32 Å². The summed E-state index contributed by atoms with van der Waals surface area (Å²) >= 11 is 5.79. The molecule has 3 nitrogen and oxygen atoms in total. The molecule has 88 valence electrons. The van der Waals surface area contributed by atoms with Crippen molar-refractivity contribution in [3.8, 4) is 0 Å². The van der Waals surface area contributed by atoms with Gasteiger partial charge >= 0.3 is 0 Å². The van der Waals surface area contributed by atoms with Crippen LogP contribution in [0.3, 0.4) is 0 Å². The number of benzene rings is 1. The third-order valence-electron chi connectivity index (χ3n) is 2.35. The van der Waals surface area contributed by atoms with E-state index in [1.807, 2.05) is 26.0 Å². The highest BCUT2D eigenvalue weighted by molar-refractivity contribution is 6.30. The molecule has 0 aliphatic carbocycles. The number of hydrogen-bond donors (Lipinski definition) is 2. The van der Waals surface area contributed by atoms with Crippen LogP contribution >= 0.6 is 11.6 Å². The molecule has 3 N–H and O–H groups in total. The van der Waals surface area contributed by atoms with Gasteiger partial charge in [0.15, 0.2) is 0 Å². The monoisotopic (exact) mass is 240 g/mol. The van der Waals surface area contributed by atoms with Crippen LogP contribution in [0.4, 0.5) is 0 Å². The molecule has 16 heavy (non-hydrogen) atoms. The van der Waals surface area contributed by atoms with Gasteiger partial charge in [-0.1, -0.05) is 37.6 Å². The lowest BCUT2D eigenvalue weighted by molar-refractivity contribution is -0.119. The van der Waals surface area contributed by atoms with E-state index in [0.717, 1.165) is 5.56 Å². The molecule has 0 aliphatic rings. The molecule has 1 aromatic rings. The Kier molecular flexibility index (Phi) is 4.77. The summed E-state index contributed by atoms with van der Waals surface area (Å²) in [6, 6.07) is 7.53. The summed E-state index contributed by atoms with van der Waals surface area (Å²) in [4.78, 5) is 11.3. The molecule has 1 rings (SSSR count). The first-order valence-corrected chi connectivity index (χ1v) is 5.66. The quantitative estimate of drug-likeness (QED) is 0.826. The fourth-order valence-electron chi connectivity index (χ4n) is 1.43. The van der Waals surface area contributed by atoms with Crippen LogP contribution in [0.1, 0.15) is 25.3 Å². The lowest BCUT2D eigenvalue weighted by atomic mass is 9.98. The van der Waals surface area contributed by atoms with E-state index in [1.54, 1.807) is 12.1 Å². The molecule has 1 atom stereocenters. The highest BCUT2D eigenvalue weighted by atomic mass is 35.5. The Morgan fingerprint density at radius 3 is 2.38 bits per heavy atom. The molecule has 0 aromatic heterocycles. The average molecular weight is 241 g/mol. The smallest absolute Gasteiger partial charge is 0.226 e. The molecule has 0 bridgehead atoms. The maximum Gasteiger partial charge on any atom is 0.226 e. The van der Waals surface area contributed by atoms with Crippen LogP contribution in [0.15, 0.2) is 24.3 Å². The summed E-state index contributed by atoms with van der Waals surface area (Å²) in [6.07, 6.45) is 0. The zero-order valence-electron chi connectivity index (χ0n) is 9.53. The van der Waals surface area contributed by atoms with E-state index in [-0.39, 0.29) is 11.8 Å². The molecule has 4 heteroatoms. The molecular weight excluding hydrogens is 224 g/mol. The second kappa shape index (κ2) is 5.87. The van der Waals surface area contributed by atoms with Gasteiger partial charge in [0.25, 0.3) is 0 Å². The molecule has 0 saturated carbocycles. The number of carbonyl (C=O) groups excluding carboxylic acids is 1. The van der Waals surface area contributed by atoms with Crippen molar-refractivity contribution in [2.75, 3.05) is 6.54 Å². The van der Waals surface area contributed by atoms with Gasteiger partial charge in [0.2, 0.25) is 5.91 Å². The van der Waals surface area contributed by atoms with Gasteiger partial charge in [-0.2, -0.15) is 0 Å². The maximum atomic E-state index is 11.3. The van der Waals surface area contributed by atoms with Crippen molar-refractivity contribution in [1.29, 1.82) is 0 Å². The van der Waals surface area contributed by atoms with Crippen molar-refractivity contribution in [3.63, 3.8) is 0 Å². The lowest BCUT2D eigenvalue weighted by Gasteiger charge is -2.16. The molecule has 0 heterocycles. The van der Waals surface area contributed by atoms with Crippen molar-refractivity contribution in [3.05, 3.63) is 34.9 Å². The molecule has 0 radical (unpaired) electrons. The fraction of sp³-hybridized carbons (Fsp3) is 0.417. The van der Waals surface area contributed by atoms with Crippen molar-refractivity contribution in [2.24, 2.45) is 5.73 Å². The Morgan fingerprint density at radius 2 is 1.94 bits per heavy atom. The molecule has 1 unspecified atom stereocenters. The number of hydrogen-bond acceptors (Lipinski definition) is 2. The number of carbonyl (C=O) groups is 1. The summed E-state index contributed by atoms with van der Waals surface area (Å²) in [5.74, 6) is -0.630. The van der Waals surface area contributed by atoms with Crippen molar-refractivity contribution < 1.29 is 4.79 Å². The minimum atomic E-state index is -0.324. The van der Waals surface area contributed by atoms with Crippen LogP contribution in [0.5, 0.6) is 0 Å². The average Bonchev–Trinajstić information content (AvgIpc) is 2.20. The highest BCUT2D eigenvalue weighted by Gasteiger charge is 2.17. The predicted octanol–water partition coefficient (Wildman–Crippen LogP) is 1.91. The molecule has 1 aromatic carbocycles. The third-order valence-corrected chi connectivity index (χ3v) is 2.60. The molecule has 0 spiro atoms. The molecule has 0 saturated heterocycles. The van der Waals surface area contributed by atoms with E-state index in [4.69, 9.17) is 17.3 Å². The second-order valence-electron chi connectivity index (χ2n) is 4.07. The number of amides is 1. The standard InChI is InChI=1S/C12H17ClN2O/c1-8(2)15-7-11(12(14)16)9-3-5-10(13)6-4-9/h3-6,8,11,15H,7H2,1-2H3,(H2,14,16). The predicted molar refractivity (Wildman–Crippen MR) is 66.5 cm³/mol. The largest absolute Gasteiger partial charge is 0.369 e. The summed E-state index contributed by atoms with van der Waals surface area (Å²) in [5, 5.41) is 3.86. The number of nitrogens with one attached hydrogen (secondary N) is 1. The highest BCUT2D eigenvalue weighted by Crippen LogP contribution is 2.17. The Hall–Kier alpha value is -1.06. The first-order chi connectivity index (χ1) is 7.50. The minimum absolute atomic E-state index is 0.306. The summed E-state index contributed by atoms with van der Waals surface area (Å²) in [6.45, 7) is 4.61. The van der Waals surface area contributed by atoms with Gasteiger partial charge in [-0.3, -0.25) is 4.79 Å². The topological polar surface area (TPSA) is 55.1 Å². The van der Waals surface area contributed by atoms with Crippen LogP contribution in [-0.2, 0) is 4.79 Å². The Balaban J connectivity index is 2.77. The lowest BCUT2D eigenvalue weighted by Crippen LogP contribution is -2.34. The van der Waals surface area contributed by atoms with Crippen molar-refractivity contribution in [1.82, 2.24) is 5.32 Å². The van der Waals surface area contributed by atoms with Crippen molar-refractivity contribution >= 4 is 17.5 Å². The molecular formula is C12H17ClN2O. The van der Waals surface area contributed by atoms with E-state index in [9.17, 15) is 4.79 Å². The first kappa shape index (κ1) is 13.0. The minimum Gasteiger partial charge on any atom is -0.369 e. The number of halogens is 1. The van der Waals surface area contributed by atoms with Gasteiger partial charge in [0.05, 0.1) is 5.92 Å². The van der Waals surface area contributed by atoms with E-state index in [1.165, 1.54) is 0 Å². The van der Waals surface area contributed by atoms with Gasteiger partial charge in [-0.05, 0) is 17.7 Å². The normalized spacial score (nSPS) is 12.8. The van der Waals surface area contributed by atoms with Crippen molar-refractivity contribution in [2.45, 2.75) is 25.8 Å². The van der Waals surface area contributed by atoms with Gasteiger partial charge in [-0.15, -0.1) is 0 Å². The molecule has 1 amide bonds. The molecule has 0 fully saturated rings. The number of nitrogens with two attached hydrogens (primary N) is 1. The van der Waals surface area contributed by atoms with Crippen LogP contribution in [-0.4, -0.2) is 18.5 Å². The fourth-order valence-corrected chi connectivity index (χ4v) is 1.56. The van der Waals surface area contributed by atoms with E-state index < -0.39 is 0 Å². The maximum absolute atomic E-state index is 11.3. The summed E-state index contributed by atoms with van der Waals surface area (Å²) in [5.41, 5.74) is 6.27. The Morgan fingerprint density at radius 1 is 1.38 bits per heavy atom. The van der Waals surface area contributed by atoms with Gasteiger partial charge < -0.3 is 11.1 Å². The SMILES string of the molecule is CC(C)NCC(C(N)=O)c1ccc(Cl)cc1. The van der Waals surface area contributed by atoms with Crippen LogP contribution < -0.4 is 11.1 Å². The number of rotatable bonds is 5. The van der Waals surface area contributed by atoms with E-state index >= 15 is 0 Å². The summed E-state index contributed by atoms with van der Waals surface area (Å²) < 4.78 is 0. The van der Waals surface area contributed by atoms with Gasteiger partial charge in [0, 0.05) is 17.6 Å². The third kappa shape index (κ3) is 3.83. The van der Waals surface area contributed by atoms with Gasteiger partial charge in [0.1, 0.15) is 0 Å². The molecule has 0 aliphatic heterocycles. The number of primary amides is 1. The summed E-state index contributed by atoms with van der Waals surface area (Å²) in [7, 11) is 0. The Bertz CT molecular complexity index is 349. The van der Waals surface area contributed by atoms with Crippen LogP contribution in [0.2, 0.25) is 5.02 Å².